The molecule has 0 spiro atoms. The molecule has 4 heterocycles. The number of hydrogen-bond donors (Lipinski definition) is 2. The second-order valence-electron chi connectivity index (χ2n) is 6.82. The molecule has 148 valence electrons. The van der Waals surface area contributed by atoms with Gasteiger partial charge in [0.1, 0.15) is 16.4 Å². The Morgan fingerprint density at radius 1 is 1.32 bits per heavy atom. The molecule has 0 saturated carbocycles. The number of hydrogen-bond acceptors (Lipinski definition) is 5. The molecule has 0 radical (unpaired) electrons. The number of aromatic amines is 2. The van der Waals surface area contributed by atoms with Gasteiger partial charge in [-0.25, -0.2) is 22.8 Å². The fourth-order valence-electron chi connectivity index (χ4n) is 3.53. The Kier molecular flexibility index (Phi) is 4.94. The van der Waals surface area contributed by atoms with Crippen LogP contribution in [0.4, 0.5) is 4.39 Å². The van der Waals surface area contributed by atoms with E-state index < -0.39 is 15.8 Å². The monoisotopic (exact) mass is 424 g/mol. The molecule has 11 heteroatoms. The minimum Gasteiger partial charge on any atom is -0.339 e. The van der Waals surface area contributed by atoms with E-state index in [1.165, 1.54) is 28.8 Å². The molecule has 28 heavy (non-hydrogen) atoms. The first-order valence-corrected chi connectivity index (χ1v) is 10.5. The number of nitrogens with one attached hydrogen (secondary N) is 2. The quantitative estimate of drug-likeness (QED) is 0.669. The van der Waals surface area contributed by atoms with Crippen LogP contribution >= 0.6 is 11.6 Å². The first-order chi connectivity index (χ1) is 13.4. The van der Waals surface area contributed by atoms with Gasteiger partial charge in [-0.1, -0.05) is 18.5 Å². The molecule has 1 aliphatic heterocycles. The highest BCUT2D eigenvalue weighted by atomic mass is 35.5. The Labute approximate surface area is 166 Å². The van der Waals surface area contributed by atoms with Crippen LogP contribution in [0.25, 0.3) is 11.5 Å². The van der Waals surface area contributed by atoms with Crippen molar-refractivity contribution in [1.29, 1.82) is 0 Å². The van der Waals surface area contributed by atoms with E-state index >= 15 is 0 Å². The summed E-state index contributed by atoms with van der Waals surface area (Å²) in [6.07, 6.45) is 4.39. The fraction of sp³-hybridized carbons (Fsp3) is 0.353. The molecule has 3 aromatic heterocycles. The maximum absolute atomic E-state index is 13.1. The lowest BCUT2D eigenvalue weighted by atomic mass is 9.86. The van der Waals surface area contributed by atoms with Gasteiger partial charge in [-0.05, 0) is 24.5 Å². The molecule has 0 amide bonds. The number of rotatable bonds is 4. The largest absolute Gasteiger partial charge is 0.339 e. The summed E-state index contributed by atoms with van der Waals surface area (Å²) in [7, 11) is -3.57. The van der Waals surface area contributed by atoms with Gasteiger partial charge in [0.25, 0.3) is 0 Å². The van der Waals surface area contributed by atoms with Crippen LogP contribution in [-0.4, -0.2) is 51.0 Å². The predicted octanol–water partition coefficient (Wildman–Crippen LogP) is 2.80. The van der Waals surface area contributed by atoms with E-state index in [9.17, 15) is 12.8 Å². The van der Waals surface area contributed by atoms with Gasteiger partial charge < -0.3 is 4.98 Å². The summed E-state index contributed by atoms with van der Waals surface area (Å²) in [6.45, 7) is 2.70. The minimum atomic E-state index is -3.57. The molecule has 4 rings (SSSR count). The Morgan fingerprint density at radius 2 is 2.14 bits per heavy atom. The van der Waals surface area contributed by atoms with E-state index in [1.54, 1.807) is 0 Å². The number of piperidine rings is 1. The molecule has 8 nitrogen and oxygen atoms in total. The lowest BCUT2D eigenvalue weighted by Gasteiger charge is -2.35. The van der Waals surface area contributed by atoms with Crippen LogP contribution in [0.3, 0.4) is 0 Å². The average Bonchev–Trinajstić information content (AvgIpc) is 3.33. The van der Waals surface area contributed by atoms with E-state index in [4.69, 9.17) is 11.6 Å². The third kappa shape index (κ3) is 3.43. The second kappa shape index (κ2) is 7.26. The van der Waals surface area contributed by atoms with Gasteiger partial charge in [-0.2, -0.15) is 9.40 Å². The topological polar surface area (TPSA) is 108 Å². The van der Waals surface area contributed by atoms with E-state index in [-0.39, 0.29) is 16.7 Å². The summed E-state index contributed by atoms with van der Waals surface area (Å²) >= 11 is 6.34. The summed E-state index contributed by atoms with van der Waals surface area (Å²) in [6, 6.07) is 2.83. The standard InChI is InChI=1S/C17H18ClFN6O2S/c1-10-9-25(28(26,27)12-7-21-22-8-12)5-4-13(10)15-16(18)24-17(23-15)14-3-2-11(19)6-20-14/h2-3,6-8,10,13H,4-5,9H2,1H3,(H,21,22)(H,23,24)/t10-,13+/m0/s1. The number of nitrogens with zero attached hydrogens (tertiary/aromatic N) is 4. The molecular weight excluding hydrogens is 407 g/mol. The highest BCUT2D eigenvalue weighted by Crippen LogP contribution is 2.37. The van der Waals surface area contributed by atoms with Crippen molar-refractivity contribution in [1.82, 2.24) is 29.5 Å². The maximum Gasteiger partial charge on any atom is 0.246 e. The van der Waals surface area contributed by atoms with E-state index in [1.807, 2.05) is 6.92 Å². The van der Waals surface area contributed by atoms with Crippen LogP contribution in [0.2, 0.25) is 5.15 Å². The molecule has 1 saturated heterocycles. The Balaban J connectivity index is 1.55. The average molecular weight is 425 g/mol. The van der Waals surface area contributed by atoms with Crippen molar-refractivity contribution in [3.63, 3.8) is 0 Å². The van der Waals surface area contributed by atoms with Crippen molar-refractivity contribution >= 4 is 21.6 Å². The van der Waals surface area contributed by atoms with Gasteiger partial charge in [0, 0.05) is 25.2 Å². The summed E-state index contributed by atoms with van der Waals surface area (Å²) < 4.78 is 40.0. The van der Waals surface area contributed by atoms with Crippen molar-refractivity contribution in [2.45, 2.75) is 24.2 Å². The number of imidazole rings is 1. The normalized spacial score (nSPS) is 21.1. The van der Waals surface area contributed by atoms with E-state index in [2.05, 4.69) is 25.1 Å². The van der Waals surface area contributed by atoms with Crippen molar-refractivity contribution < 1.29 is 12.8 Å². The SMILES string of the molecule is C[C@H]1CN(S(=O)(=O)c2cn[nH]c2)CC[C@H]1c1[nH]c(-c2ccc(F)cn2)nc1Cl. The van der Waals surface area contributed by atoms with Crippen LogP contribution in [-0.2, 0) is 10.0 Å². The Morgan fingerprint density at radius 3 is 2.79 bits per heavy atom. The molecular formula is C17H18ClFN6O2S. The fourth-order valence-corrected chi connectivity index (χ4v) is 5.27. The Bertz CT molecular complexity index is 1070. The molecule has 0 aromatic carbocycles. The minimum absolute atomic E-state index is 0.0161. The first-order valence-electron chi connectivity index (χ1n) is 8.72. The van der Waals surface area contributed by atoms with Gasteiger partial charge in [0.15, 0.2) is 11.0 Å². The van der Waals surface area contributed by atoms with Crippen LogP contribution in [0.1, 0.15) is 25.0 Å². The number of pyridine rings is 1. The highest BCUT2D eigenvalue weighted by Gasteiger charge is 2.36. The van der Waals surface area contributed by atoms with Gasteiger partial charge in [-0.15, -0.1) is 0 Å². The molecule has 0 bridgehead atoms. The van der Waals surface area contributed by atoms with Crippen molar-refractivity contribution in [3.05, 3.63) is 47.4 Å². The van der Waals surface area contributed by atoms with Crippen molar-refractivity contribution in [2.24, 2.45) is 5.92 Å². The number of sulfonamides is 1. The van der Waals surface area contributed by atoms with E-state index in [0.717, 1.165) is 11.9 Å². The summed E-state index contributed by atoms with van der Waals surface area (Å²) in [4.78, 5) is 11.7. The molecule has 0 aliphatic carbocycles. The molecule has 2 atom stereocenters. The molecule has 1 aliphatic rings. The third-order valence-corrected chi connectivity index (χ3v) is 7.12. The number of H-pyrrole nitrogens is 2. The van der Waals surface area contributed by atoms with Crippen LogP contribution in [0.5, 0.6) is 0 Å². The van der Waals surface area contributed by atoms with Gasteiger partial charge in [0.2, 0.25) is 10.0 Å². The maximum atomic E-state index is 13.1. The highest BCUT2D eigenvalue weighted by molar-refractivity contribution is 7.89. The van der Waals surface area contributed by atoms with Crippen LogP contribution in [0.15, 0.2) is 35.6 Å². The lowest BCUT2D eigenvalue weighted by molar-refractivity contribution is 0.246. The van der Waals surface area contributed by atoms with Gasteiger partial charge in [0.05, 0.1) is 18.1 Å². The number of aromatic nitrogens is 5. The molecule has 2 N–H and O–H groups in total. The van der Waals surface area contributed by atoms with Crippen molar-refractivity contribution in [2.75, 3.05) is 13.1 Å². The zero-order valence-corrected chi connectivity index (χ0v) is 16.5. The smallest absolute Gasteiger partial charge is 0.246 e. The molecule has 0 unspecified atom stereocenters. The number of halogens is 2. The zero-order valence-electron chi connectivity index (χ0n) is 14.9. The first kappa shape index (κ1) is 19.0. The Hall–Kier alpha value is -2.30. The summed E-state index contributed by atoms with van der Waals surface area (Å²) in [5.74, 6) is 0.0644. The van der Waals surface area contributed by atoms with Crippen LogP contribution in [0, 0.1) is 11.7 Å². The molecule has 1 fully saturated rings. The van der Waals surface area contributed by atoms with Crippen molar-refractivity contribution in [3.8, 4) is 11.5 Å². The summed E-state index contributed by atoms with van der Waals surface area (Å²) in [5.41, 5.74) is 1.23. The zero-order chi connectivity index (χ0) is 19.9. The van der Waals surface area contributed by atoms with Gasteiger partial charge in [-0.3, -0.25) is 5.10 Å². The third-order valence-electron chi connectivity index (χ3n) is 5.01. The van der Waals surface area contributed by atoms with E-state index in [0.29, 0.717) is 36.2 Å². The predicted molar refractivity (Wildman–Crippen MR) is 101 cm³/mol. The van der Waals surface area contributed by atoms with Gasteiger partial charge >= 0.3 is 0 Å². The van der Waals surface area contributed by atoms with Crippen LogP contribution < -0.4 is 0 Å². The summed E-state index contributed by atoms with van der Waals surface area (Å²) in [5, 5.41) is 6.58. The lowest BCUT2D eigenvalue weighted by Crippen LogP contribution is -2.42. The second-order valence-corrected chi connectivity index (χ2v) is 9.12. The molecule has 3 aromatic rings.